The smallest absolute Gasteiger partial charge is 0.222 e. The molecule has 228 valence electrons. The van der Waals surface area contributed by atoms with Gasteiger partial charge in [-0.1, -0.05) is 106 Å². The number of hydrogen-bond acceptors (Lipinski definition) is 1. The Labute approximate surface area is 245 Å². The normalized spacial score (nSPS) is 33.6. The van der Waals surface area contributed by atoms with Crippen molar-refractivity contribution < 1.29 is 4.79 Å². The molecular formula is C37H69NO. The van der Waals surface area contributed by atoms with E-state index in [1.54, 1.807) is 0 Å². The second kappa shape index (κ2) is 16.2. The maximum Gasteiger partial charge on any atom is 0.222 e. The molecule has 0 saturated heterocycles. The SMILES string of the molecule is CCCCCCN(CCCCCC)C(=O)CC[C@@H](C)C1CC[C@H]2C[C@@H](C3(C)CCCCC3CCC)CCC12C. The predicted molar refractivity (Wildman–Crippen MR) is 170 cm³/mol. The summed E-state index contributed by atoms with van der Waals surface area (Å²) in [5.74, 6) is 4.81. The molecule has 3 aliphatic rings. The van der Waals surface area contributed by atoms with Crippen LogP contribution in [-0.4, -0.2) is 23.9 Å². The van der Waals surface area contributed by atoms with Crippen molar-refractivity contribution in [2.45, 2.75) is 176 Å². The van der Waals surface area contributed by atoms with Gasteiger partial charge in [0.05, 0.1) is 0 Å². The van der Waals surface area contributed by atoms with Crippen LogP contribution in [0.5, 0.6) is 0 Å². The third kappa shape index (κ3) is 8.50. The van der Waals surface area contributed by atoms with Crippen molar-refractivity contribution >= 4 is 5.91 Å². The van der Waals surface area contributed by atoms with Crippen molar-refractivity contribution in [1.29, 1.82) is 0 Å². The first-order valence-corrected chi connectivity index (χ1v) is 18.1. The second-order valence-corrected chi connectivity index (χ2v) is 15.1. The minimum Gasteiger partial charge on any atom is -0.343 e. The Balaban J connectivity index is 1.54. The van der Waals surface area contributed by atoms with Gasteiger partial charge in [0, 0.05) is 19.5 Å². The van der Waals surface area contributed by atoms with Gasteiger partial charge in [-0.25, -0.2) is 0 Å². The molecule has 0 radical (unpaired) electrons. The van der Waals surface area contributed by atoms with E-state index in [2.05, 4.69) is 46.4 Å². The van der Waals surface area contributed by atoms with E-state index in [0.717, 1.165) is 49.6 Å². The van der Waals surface area contributed by atoms with E-state index in [9.17, 15) is 4.79 Å². The molecule has 0 aromatic rings. The van der Waals surface area contributed by atoms with Crippen molar-refractivity contribution in [2.24, 2.45) is 40.4 Å². The predicted octanol–water partition coefficient (Wildman–Crippen LogP) is 11.2. The van der Waals surface area contributed by atoms with Crippen LogP contribution in [0.1, 0.15) is 176 Å². The summed E-state index contributed by atoms with van der Waals surface area (Å²) in [6.07, 6.45) is 27.9. The first-order valence-electron chi connectivity index (χ1n) is 18.1. The highest BCUT2D eigenvalue weighted by atomic mass is 16.2. The van der Waals surface area contributed by atoms with Gasteiger partial charge in [0.25, 0.3) is 0 Å². The number of fused-ring (bicyclic) bond motifs is 1. The van der Waals surface area contributed by atoms with Crippen LogP contribution in [0.4, 0.5) is 0 Å². The molecule has 3 aliphatic carbocycles. The van der Waals surface area contributed by atoms with Gasteiger partial charge in [-0.05, 0) is 105 Å². The van der Waals surface area contributed by atoms with Gasteiger partial charge in [-0.3, -0.25) is 4.79 Å². The minimum atomic E-state index is 0.449. The third-order valence-corrected chi connectivity index (χ3v) is 12.6. The molecule has 0 aromatic heterocycles. The highest BCUT2D eigenvalue weighted by Gasteiger charge is 2.54. The number of nitrogens with zero attached hydrogens (tertiary/aromatic N) is 1. The lowest BCUT2D eigenvalue weighted by atomic mass is 9.51. The van der Waals surface area contributed by atoms with Crippen LogP contribution in [0.3, 0.4) is 0 Å². The number of hydrogen-bond donors (Lipinski definition) is 0. The van der Waals surface area contributed by atoms with Gasteiger partial charge in [0.1, 0.15) is 0 Å². The Morgan fingerprint density at radius 1 is 0.769 bits per heavy atom. The molecule has 0 spiro atoms. The molecule has 7 atom stereocenters. The van der Waals surface area contributed by atoms with Crippen LogP contribution in [0, 0.1) is 40.4 Å². The first-order chi connectivity index (χ1) is 18.8. The Kier molecular flexibility index (Phi) is 13.7. The molecule has 4 unspecified atom stereocenters. The number of rotatable bonds is 17. The largest absolute Gasteiger partial charge is 0.343 e. The van der Waals surface area contributed by atoms with Gasteiger partial charge in [-0.2, -0.15) is 0 Å². The highest BCUT2D eigenvalue weighted by molar-refractivity contribution is 5.76. The summed E-state index contributed by atoms with van der Waals surface area (Å²) < 4.78 is 0. The summed E-state index contributed by atoms with van der Waals surface area (Å²) in [4.78, 5) is 15.7. The second-order valence-electron chi connectivity index (χ2n) is 15.1. The third-order valence-electron chi connectivity index (χ3n) is 12.6. The van der Waals surface area contributed by atoms with Crippen molar-refractivity contribution in [2.75, 3.05) is 13.1 Å². The zero-order valence-electron chi connectivity index (χ0n) is 27.5. The Morgan fingerprint density at radius 3 is 2.08 bits per heavy atom. The molecule has 3 saturated carbocycles. The number of amides is 1. The summed E-state index contributed by atoms with van der Waals surface area (Å²) in [7, 11) is 0. The fourth-order valence-electron chi connectivity index (χ4n) is 9.92. The Bertz CT molecular complexity index is 690. The summed E-state index contributed by atoms with van der Waals surface area (Å²) in [5.41, 5.74) is 1.12. The number of unbranched alkanes of at least 4 members (excludes halogenated alkanes) is 6. The van der Waals surface area contributed by atoms with E-state index in [0.29, 0.717) is 22.7 Å². The molecule has 3 rings (SSSR count). The Morgan fingerprint density at radius 2 is 1.44 bits per heavy atom. The van der Waals surface area contributed by atoms with E-state index in [-0.39, 0.29) is 0 Å². The van der Waals surface area contributed by atoms with E-state index < -0.39 is 0 Å². The highest BCUT2D eigenvalue weighted by Crippen LogP contribution is 2.63. The molecule has 0 N–H and O–H groups in total. The van der Waals surface area contributed by atoms with E-state index in [4.69, 9.17) is 0 Å². The first kappa shape index (κ1) is 33.0. The summed E-state index contributed by atoms with van der Waals surface area (Å²) >= 11 is 0. The molecule has 2 nitrogen and oxygen atoms in total. The molecule has 0 aliphatic heterocycles. The molecule has 39 heavy (non-hydrogen) atoms. The molecule has 3 fully saturated rings. The molecule has 0 aromatic carbocycles. The maximum atomic E-state index is 13.4. The van der Waals surface area contributed by atoms with Gasteiger partial charge >= 0.3 is 0 Å². The van der Waals surface area contributed by atoms with E-state index >= 15 is 0 Å². The number of carbonyl (C=O) groups is 1. The van der Waals surface area contributed by atoms with Crippen molar-refractivity contribution in [3.8, 4) is 0 Å². The lowest BCUT2D eigenvalue weighted by molar-refractivity contribution is -0.132. The molecular weight excluding hydrogens is 474 g/mol. The van der Waals surface area contributed by atoms with Crippen LogP contribution in [0.2, 0.25) is 0 Å². The maximum absolute atomic E-state index is 13.4. The zero-order valence-corrected chi connectivity index (χ0v) is 27.5. The topological polar surface area (TPSA) is 20.3 Å². The van der Waals surface area contributed by atoms with Crippen molar-refractivity contribution in [3.05, 3.63) is 0 Å². The fourth-order valence-corrected chi connectivity index (χ4v) is 9.92. The van der Waals surface area contributed by atoms with Crippen LogP contribution in [-0.2, 0) is 4.79 Å². The quantitative estimate of drug-likeness (QED) is 0.167. The van der Waals surface area contributed by atoms with Crippen molar-refractivity contribution in [1.82, 2.24) is 4.90 Å². The molecule has 2 heteroatoms. The summed E-state index contributed by atoms with van der Waals surface area (Å²) in [5, 5.41) is 0. The van der Waals surface area contributed by atoms with Gasteiger partial charge in [-0.15, -0.1) is 0 Å². The van der Waals surface area contributed by atoms with Crippen LogP contribution < -0.4 is 0 Å². The van der Waals surface area contributed by atoms with E-state index in [1.807, 2.05) is 0 Å². The van der Waals surface area contributed by atoms with Gasteiger partial charge in [0.2, 0.25) is 5.91 Å². The molecule has 1 amide bonds. The standard InChI is InChI=1S/C37H69NO/c1-7-10-12-16-27-38(28-17-13-11-8-2)35(39)23-20-30(4)34-22-21-32-29-33(24-26-37(32,34)6)36(5)25-15-14-19-31(36)18-9-3/h30-34H,7-29H2,1-6H3/t30-,31?,32+,33+,34?,36?,37?/m1/s1. The van der Waals surface area contributed by atoms with Crippen molar-refractivity contribution in [3.63, 3.8) is 0 Å². The lowest BCUT2D eigenvalue weighted by Gasteiger charge is -2.54. The molecule has 0 bridgehead atoms. The summed E-state index contributed by atoms with van der Waals surface area (Å²) in [6.45, 7) is 16.8. The monoisotopic (exact) mass is 544 g/mol. The average Bonchev–Trinajstić information content (AvgIpc) is 3.28. The average molecular weight is 544 g/mol. The minimum absolute atomic E-state index is 0.449. The van der Waals surface area contributed by atoms with Crippen LogP contribution >= 0.6 is 0 Å². The fraction of sp³-hybridized carbons (Fsp3) is 0.973. The van der Waals surface area contributed by atoms with Gasteiger partial charge in [0.15, 0.2) is 0 Å². The molecule has 0 heterocycles. The Hall–Kier alpha value is -0.530. The summed E-state index contributed by atoms with van der Waals surface area (Å²) in [6, 6.07) is 0. The zero-order chi connectivity index (χ0) is 28.3. The van der Waals surface area contributed by atoms with Crippen LogP contribution in [0.15, 0.2) is 0 Å². The van der Waals surface area contributed by atoms with E-state index in [1.165, 1.54) is 122 Å². The van der Waals surface area contributed by atoms with Crippen LogP contribution in [0.25, 0.3) is 0 Å². The lowest BCUT2D eigenvalue weighted by Crippen LogP contribution is -2.45. The number of carbonyl (C=O) groups excluding carboxylic acids is 1. The van der Waals surface area contributed by atoms with Gasteiger partial charge < -0.3 is 4.90 Å².